The Bertz CT molecular complexity index is 289. The van der Waals surface area contributed by atoms with Gasteiger partial charge in [0.1, 0.15) is 0 Å². The van der Waals surface area contributed by atoms with Crippen molar-refractivity contribution in [3.8, 4) is 0 Å². The van der Waals surface area contributed by atoms with Crippen LogP contribution in [0.15, 0.2) is 24.3 Å². The second-order valence-corrected chi connectivity index (χ2v) is 3.24. The lowest BCUT2D eigenvalue weighted by Crippen LogP contribution is -2.30. The van der Waals surface area contributed by atoms with E-state index in [1.807, 2.05) is 38.1 Å². The Balaban J connectivity index is 2.83. The van der Waals surface area contributed by atoms with Crippen LogP contribution in [-0.2, 0) is 0 Å². The predicted octanol–water partition coefficient (Wildman–Crippen LogP) is 1.79. The van der Waals surface area contributed by atoms with Gasteiger partial charge in [-0.1, -0.05) is 29.8 Å². The largest absolute Gasteiger partial charge is 0.310 e. The van der Waals surface area contributed by atoms with E-state index in [2.05, 4.69) is 5.32 Å². The summed E-state index contributed by atoms with van der Waals surface area (Å²) in [4.78, 5) is 11.6. The molecule has 0 heterocycles. The molecule has 1 aromatic rings. The van der Waals surface area contributed by atoms with Crippen molar-refractivity contribution in [3.63, 3.8) is 0 Å². The zero-order chi connectivity index (χ0) is 9.84. The van der Waals surface area contributed by atoms with E-state index in [1.54, 1.807) is 7.05 Å². The highest BCUT2D eigenvalue weighted by atomic mass is 16.1. The zero-order valence-corrected chi connectivity index (χ0v) is 8.29. The lowest BCUT2D eigenvalue weighted by molar-refractivity contribution is 0.0955. The molecule has 0 aliphatic carbocycles. The summed E-state index contributed by atoms with van der Waals surface area (Å²) in [6.45, 7) is 3.87. The van der Waals surface area contributed by atoms with Gasteiger partial charge in [-0.05, 0) is 20.9 Å². The van der Waals surface area contributed by atoms with E-state index >= 15 is 0 Å². The third kappa shape index (κ3) is 2.39. The highest BCUT2D eigenvalue weighted by Gasteiger charge is 2.11. The summed E-state index contributed by atoms with van der Waals surface area (Å²) in [6.07, 6.45) is 0. The van der Waals surface area contributed by atoms with Crippen molar-refractivity contribution in [2.24, 2.45) is 0 Å². The predicted molar refractivity (Wildman–Crippen MR) is 54.0 cm³/mol. The standard InChI is InChI=1S/C11H15NO/c1-8-4-6-10(7-5-8)11(13)9(2)12-3/h4-7,9,12H,1-3H3. The summed E-state index contributed by atoms with van der Waals surface area (Å²) in [5.74, 6) is 0.141. The first kappa shape index (κ1) is 9.93. The number of carbonyl (C=O) groups is 1. The summed E-state index contributed by atoms with van der Waals surface area (Å²) < 4.78 is 0. The summed E-state index contributed by atoms with van der Waals surface area (Å²) in [7, 11) is 1.79. The van der Waals surface area contributed by atoms with Crippen molar-refractivity contribution in [1.82, 2.24) is 5.32 Å². The van der Waals surface area contributed by atoms with E-state index in [9.17, 15) is 4.79 Å². The minimum absolute atomic E-state index is 0.109. The van der Waals surface area contributed by atoms with E-state index in [0.29, 0.717) is 0 Å². The number of benzene rings is 1. The normalized spacial score (nSPS) is 12.5. The van der Waals surface area contributed by atoms with Crippen molar-refractivity contribution in [2.45, 2.75) is 19.9 Å². The van der Waals surface area contributed by atoms with E-state index in [-0.39, 0.29) is 11.8 Å². The summed E-state index contributed by atoms with van der Waals surface area (Å²) in [5.41, 5.74) is 1.95. The lowest BCUT2D eigenvalue weighted by atomic mass is 10.0. The maximum Gasteiger partial charge on any atom is 0.179 e. The first-order chi connectivity index (χ1) is 6.15. The lowest BCUT2D eigenvalue weighted by Gasteiger charge is -2.08. The van der Waals surface area contributed by atoms with Crippen molar-refractivity contribution >= 4 is 5.78 Å². The molecule has 0 aromatic heterocycles. The van der Waals surface area contributed by atoms with Gasteiger partial charge in [-0.3, -0.25) is 4.79 Å². The van der Waals surface area contributed by atoms with Gasteiger partial charge in [0.25, 0.3) is 0 Å². The number of carbonyl (C=O) groups excluding carboxylic acids is 1. The average Bonchev–Trinajstić information content (AvgIpc) is 2.17. The number of rotatable bonds is 3. The molecule has 2 heteroatoms. The molecule has 2 nitrogen and oxygen atoms in total. The van der Waals surface area contributed by atoms with Gasteiger partial charge in [-0.25, -0.2) is 0 Å². The Morgan fingerprint density at radius 3 is 2.31 bits per heavy atom. The molecule has 0 aliphatic heterocycles. The van der Waals surface area contributed by atoms with Crippen LogP contribution in [0.4, 0.5) is 0 Å². The number of nitrogens with one attached hydrogen (secondary N) is 1. The molecule has 0 bridgehead atoms. The molecule has 0 fully saturated rings. The smallest absolute Gasteiger partial charge is 0.179 e. The van der Waals surface area contributed by atoms with Crippen molar-refractivity contribution in [3.05, 3.63) is 35.4 Å². The van der Waals surface area contributed by atoms with Gasteiger partial charge >= 0.3 is 0 Å². The second kappa shape index (κ2) is 4.19. The number of aryl methyl sites for hydroxylation is 1. The van der Waals surface area contributed by atoms with Crippen LogP contribution in [0.25, 0.3) is 0 Å². The third-order valence-electron chi connectivity index (χ3n) is 2.16. The van der Waals surface area contributed by atoms with Gasteiger partial charge in [-0.15, -0.1) is 0 Å². The fourth-order valence-electron chi connectivity index (χ4n) is 1.10. The van der Waals surface area contributed by atoms with Crippen molar-refractivity contribution in [1.29, 1.82) is 0 Å². The van der Waals surface area contributed by atoms with Crippen molar-refractivity contribution < 1.29 is 4.79 Å². The van der Waals surface area contributed by atoms with Crippen LogP contribution in [0.3, 0.4) is 0 Å². The fraction of sp³-hybridized carbons (Fsp3) is 0.364. The van der Waals surface area contributed by atoms with Gasteiger partial charge in [0.05, 0.1) is 6.04 Å². The van der Waals surface area contributed by atoms with E-state index in [4.69, 9.17) is 0 Å². The highest BCUT2D eigenvalue weighted by Crippen LogP contribution is 2.05. The van der Waals surface area contributed by atoms with Gasteiger partial charge < -0.3 is 5.32 Å². The number of likely N-dealkylation sites (N-methyl/N-ethyl adjacent to an activating group) is 1. The first-order valence-corrected chi connectivity index (χ1v) is 4.43. The van der Waals surface area contributed by atoms with E-state index in [1.165, 1.54) is 5.56 Å². The van der Waals surface area contributed by atoms with Gasteiger partial charge in [-0.2, -0.15) is 0 Å². The maximum absolute atomic E-state index is 11.6. The minimum atomic E-state index is -0.109. The van der Waals surface area contributed by atoms with Crippen LogP contribution in [0.2, 0.25) is 0 Å². The van der Waals surface area contributed by atoms with Crippen LogP contribution in [-0.4, -0.2) is 18.9 Å². The Morgan fingerprint density at radius 1 is 1.31 bits per heavy atom. The zero-order valence-electron chi connectivity index (χ0n) is 8.29. The summed E-state index contributed by atoms with van der Waals surface area (Å²) in [5, 5.41) is 2.93. The van der Waals surface area contributed by atoms with Crippen LogP contribution in [0.1, 0.15) is 22.8 Å². The number of hydrogen-bond donors (Lipinski definition) is 1. The van der Waals surface area contributed by atoms with Crippen LogP contribution < -0.4 is 5.32 Å². The summed E-state index contributed by atoms with van der Waals surface area (Å²) >= 11 is 0. The molecular formula is C11H15NO. The van der Waals surface area contributed by atoms with Gasteiger partial charge in [0.2, 0.25) is 0 Å². The Morgan fingerprint density at radius 2 is 1.85 bits per heavy atom. The topological polar surface area (TPSA) is 29.1 Å². The SMILES string of the molecule is CNC(C)C(=O)c1ccc(C)cc1. The molecule has 0 spiro atoms. The average molecular weight is 177 g/mol. The fourth-order valence-corrected chi connectivity index (χ4v) is 1.10. The molecule has 0 aliphatic rings. The highest BCUT2D eigenvalue weighted by molar-refractivity contribution is 5.99. The summed E-state index contributed by atoms with van der Waals surface area (Å²) in [6, 6.07) is 7.53. The molecule has 1 aromatic carbocycles. The second-order valence-electron chi connectivity index (χ2n) is 3.24. The first-order valence-electron chi connectivity index (χ1n) is 4.43. The van der Waals surface area contributed by atoms with E-state index < -0.39 is 0 Å². The third-order valence-corrected chi connectivity index (χ3v) is 2.16. The molecular weight excluding hydrogens is 162 g/mol. The van der Waals surface area contributed by atoms with E-state index in [0.717, 1.165) is 5.56 Å². The monoisotopic (exact) mass is 177 g/mol. The van der Waals surface area contributed by atoms with Crippen LogP contribution in [0.5, 0.6) is 0 Å². The molecule has 0 amide bonds. The molecule has 70 valence electrons. The van der Waals surface area contributed by atoms with Gasteiger partial charge in [0, 0.05) is 5.56 Å². The quantitative estimate of drug-likeness (QED) is 0.713. The maximum atomic E-state index is 11.6. The van der Waals surface area contributed by atoms with Gasteiger partial charge in [0.15, 0.2) is 5.78 Å². The Hall–Kier alpha value is -1.15. The molecule has 0 saturated carbocycles. The van der Waals surface area contributed by atoms with Crippen molar-refractivity contribution in [2.75, 3.05) is 7.05 Å². The number of Topliss-reactive ketones (excluding diaryl/α,β-unsaturated/α-hetero) is 1. The Labute approximate surface area is 79.0 Å². The molecule has 1 unspecified atom stereocenters. The van der Waals surface area contributed by atoms with Crippen LogP contribution >= 0.6 is 0 Å². The number of ketones is 1. The molecule has 0 saturated heterocycles. The molecule has 1 atom stereocenters. The molecule has 0 radical (unpaired) electrons. The molecule has 13 heavy (non-hydrogen) atoms. The molecule has 1 N–H and O–H groups in total. The Kier molecular flexibility index (Phi) is 3.20. The molecule has 1 rings (SSSR count). The minimum Gasteiger partial charge on any atom is -0.310 e. The number of hydrogen-bond acceptors (Lipinski definition) is 2. The van der Waals surface area contributed by atoms with Crippen LogP contribution in [0, 0.1) is 6.92 Å².